The van der Waals surface area contributed by atoms with Crippen molar-refractivity contribution in [2.45, 2.75) is 76.5 Å². The molecule has 3 rings (SSSR count). The Labute approximate surface area is 128 Å². The molecule has 3 aliphatic rings. The number of carbonyl (C=O) groups is 1. The van der Waals surface area contributed by atoms with E-state index < -0.39 is 0 Å². The molecule has 21 heavy (non-hydrogen) atoms. The Morgan fingerprint density at radius 1 is 1.19 bits per heavy atom. The zero-order valence-corrected chi connectivity index (χ0v) is 13.6. The number of carbonyl (C=O) groups excluding carboxylic acids is 1. The summed E-state index contributed by atoms with van der Waals surface area (Å²) in [6.45, 7) is 7.21. The lowest BCUT2D eigenvalue weighted by Crippen LogP contribution is -2.52. The predicted octanol–water partition coefficient (Wildman–Crippen LogP) is 2.32. The van der Waals surface area contributed by atoms with Crippen LogP contribution in [-0.4, -0.2) is 48.2 Å². The summed E-state index contributed by atoms with van der Waals surface area (Å²) in [4.78, 5) is 14.2. The van der Waals surface area contributed by atoms with E-state index in [1.807, 2.05) is 0 Å². The van der Waals surface area contributed by atoms with Gasteiger partial charge in [0, 0.05) is 37.7 Å². The third-order valence-electron chi connectivity index (χ3n) is 5.55. The highest BCUT2D eigenvalue weighted by Crippen LogP contribution is 2.32. The number of amides is 1. The van der Waals surface area contributed by atoms with E-state index in [1.165, 1.54) is 0 Å². The molecule has 2 saturated heterocycles. The van der Waals surface area contributed by atoms with Gasteiger partial charge in [0.2, 0.25) is 5.91 Å². The lowest BCUT2D eigenvalue weighted by Gasteiger charge is -2.41. The molecule has 2 unspecified atom stereocenters. The fraction of sp³-hybridized carbons (Fsp3) is 0.941. The molecule has 4 heteroatoms. The van der Waals surface area contributed by atoms with Gasteiger partial charge in [-0.15, -0.1) is 0 Å². The number of piperidine rings is 1. The summed E-state index contributed by atoms with van der Waals surface area (Å²) in [6.07, 6.45) is 7.78. The minimum atomic E-state index is 0.0541. The Morgan fingerprint density at radius 3 is 2.52 bits per heavy atom. The van der Waals surface area contributed by atoms with Crippen LogP contribution in [0.3, 0.4) is 0 Å². The van der Waals surface area contributed by atoms with Gasteiger partial charge >= 0.3 is 0 Å². The maximum Gasteiger partial charge on any atom is 0.225 e. The molecule has 120 valence electrons. The molecule has 0 bridgehead atoms. The third kappa shape index (κ3) is 3.78. The summed E-state index contributed by atoms with van der Waals surface area (Å²) >= 11 is 0. The van der Waals surface area contributed by atoms with Crippen molar-refractivity contribution in [3.8, 4) is 0 Å². The molecule has 1 aliphatic carbocycles. The highest BCUT2D eigenvalue weighted by atomic mass is 16.5. The predicted molar refractivity (Wildman–Crippen MR) is 83.1 cm³/mol. The van der Waals surface area contributed by atoms with Crippen LogP contribution < -0.4 is 5.32 Å². The monoisotopic (exact) mass is 294 g/mol. The van der Waals surface area contributed by atoms with Crippen LogP contribution in [0.15, 0.2) is 0 Å². The average Bonchev–Trinajstić information content (AvgIpc) is 3.32. The van der Waals surface area contributed by atoms with Gasteiger partial charge in [-0.2, -0.15) is 0 Å². The smallest absolute Gasteiger partial charge is 0.225 e. The van der Waals surface area contributed by atoms with Gasteiger partial charge < -0.3 is 15.0 Å². The Balaban J connectivity index is 1.43. The van der Waals surface area contributed by atoms with Crippen LogP contribution in [0.4, 0.5) is 0 Å². The molecule has 2 aliphatic heterocycles. The maximum atomic E-state index is 12.1. The van der Waals surface area contributed by atoms with E-state index in [-0.39, 0.29) is 5.60 Å². The summed E-state index contributed by atoms with van der Waals surface area (Å²) < 4.78 is 5.92. The molecule has 2 heterocycles. The minimum Gasteiger partial charge on any atom is -0.375 e. The second-order valence-electron chi connectivity index (χ2n) is 7.38. The van der Waals surface area contributed by atoms with E-state index in [0.717, 1.165) is 64.6 Å². The van der Waals surface area contributed by atoms with Crippen molar-refractivity contribution in [3.63, 3.8) is 0 Å². The summed E-state index contributed by atoms with van der Waals surface area (Å²) in [7, 11) is 0. The molecule has 2 atom stereocenters. The Bertz CT molecular complexity index is 375. The first kappa shape index (κ1) is 15.3. The third-order valence-corrected chi connectivity index (χ3v) is 5.55. The Hall–Kier alpha value is -0.610. The van der Waals surface area contributed by atoms with E-state index in [2.05, 4.69) is 24.1 Å². The average molecular weight is 294 g/mol. The number of rotatable bonds is 4. The molecular formula is C17H30N2O2. The molecule has 0 radical (unpaired) electrons. The minimum absolute atomic E-state index is 0.0541. The topological polar surface area (TPSA) is 41.6 Å². The van der Waals surface area contributed by atoms with Gasteiger partial charge in [-0.05, 0) is 51.9 Å². The number of nitrogens with zero attached hydrogens (tertiary/aromatic N) is 1. The maximum absolute atomic E-state index is 12.1. The zero-order chi connectivity index (χ0) is 14.9. The fourth-order valence-electron chi connectivity index (χ4n) is 3.71. The summed E-state index contributed by atoms with van der Waals surface area (Å²) in [5, 5.41) is 3.83. The molecule has 1 amide bonds. The first-order chi connectivity index (χ1) is 10.1. The van der Waals surface area contributed by atoms with Gasteiger partial charge in [-0.25, -0.2) is 0 Å². The number of nitrogens with one attached hydrogen (secondary N) is 1. The Morgan fingerprint density at radius 2 is 1.90 bits per heavy atom. The van der Waals surface area contributed by atoms with Crippen LogP contribution in [0.1, 0.15) is 58.8 Å². The SMILES string of the molecule is CCC1(C)CC(NC2CCN(C(=O)C3CC3)CC2)CCO1. The molecule has 1 N–H and O–H groups in total. The van der Waals surface area contributed by atoms with Crippen LogP contribution in [-0.2, 0) is 9.53 Å². The molecular weight excluding hydrogens is 264 g/mol. The summed E-state index contributed by atoms with van der Waals surface area (Å²) in [6, 6.07) is 1.16. The van der Waals surface area contributed by atoms with Gasteiger partial charge in [-0.3, -0.25) is 4.79 Å². The van der Waals surface area contributed by atoms with Crippen LogP contribution in [0.5, 0.6) is 0 Å². The number of hydrogen-bond acceptors (Lipinski definition) is 3. The highest BCUT2D eigenvalue weighted by Gasteiger charge is 2.36. The number of likely N-dealkylation sites (tertiary alicyclic amines) is 1. The Kier molecular flexibility index (Phi) is 4.55. The number of ether oxygens (including phenoxy) is 1. The first-order valence-electron chi connectivity index (χ1n) is 8.78. The molecule has 0 spiro atoms. The molecule has 3 fully saturated rings. The van der Waals surface area contributed by atoms with E-state index in [0.29, 0.717) is 23.9 Å². The largest absolute Gasteiger partial charge is 0.375 e. The second-order valence-corrected chi connectivity index (χ2v) is 7.38. The fourth-order valence-corrected chi connectivity index (χ4v) is 3.71. The van der Waals surface area contributed by atoms with Crippen LogP contribution in [0.2, 0.25) is 0 Å². The van der Waals surface area contributed by atoms with Gasteiger partial charge in [0.1, 0.15) is 0 Å². The van der Waals surface area contributed by atoms with E-state index in [4.69, 9.17) is 4.74 Å². The lowest BCUT2D eigenvalue weighted by molar-refractivity contribution is -0.133. The van der Waals surface area contributed by atoms with E-state index >= 15 is 0 Å². The first-order valence-corrected chi connectivity index (χ1v) is 8.78. The van der Waals surface area contributed by atoms with E-state index in [9.17, 15) is 4.79 Å². The molecule has 0 aromatic carbocycles. The van der Waals surface area contributed by atoms with E-state index in [1.54, 1.807) is 0 Å². The van der Waals surface area contributed by atoms with Gasteiger partial charge in [0.15, 0.2) is 0 Å². The van der Waals surface area contributed by atoms with Crippen LogP contribution >= 0.6 is 0 Å². The van der Waals surface area contributed by atoms with Crippen molar-refractivity contribution in [2.24, 2.45) is 5.92 Å². The molecule has 0 aromatic rings. The van der Waals surface area contributed by atoms with Crippen molar-refractivity contribution in [1.29, 1.82) is 0 Å². The van der Waals surface area contributed by atoms with Crippen LogP contribution in [0.25, 0.3) is 0 Å². The molecule has 1 saturated carbocycles. The van der Waals surface area contributed by atoms with Gasteiger partial charge in [0.05, 0.1) is 5.60 Å². The van der Waals surface area contributed by atoms with Crippen molar-refractivity contribution < 1.29 is 9.53 Å². The highest BCUT2D eigenvalue weighted by molar-refractivity contribution is 5.81. The standard InChI is InChI=1S/C17H30N2O2/c1-3-17(2)12-15(8-11-21-17)18-14-6-9-19(10-7-14)16(20)13-4-5-13/h13-15,18H,3-12H2,1-2H3. The molecule has 0 aromatic heterocycles. The van der Waals surface area contributed by atoms with Crippen molar-refractivity contribution in [1.82, 2.24) is 10.2 Å². The number of hydrogen-bond donors (Lipinski definition) is 1. The summed E-state index contributed by atoms with van der Waals surface area (Å²) in [5.41, 5.74) is 0.0541. The lowest BCUT2D eigenvalue weighted by atomic mass is 9.89. The quantitative estimate of drug-likeness (QED) is 0.865. The molecule has 4 nitrogen and oxygen atoms in total. The zero-order valence-electron chi connectivity index (χ0n) is 13.6. The van der Waals surface area contributed by atoms with Gasteiger partial charge in [0.25, 0.3) is 0 Å². The normalized spacial score (nSPS) is 35.0. The van der Waals surface area contributed by atoms with Crippen molar-refractivity contribution in [2.75, 3.05) is 19.7 Å². The van der Waals surface area contributed by atoms with Gasteiger partial charge in [-0.1, -0.05) is 6.92 Å². The summed E-state index contributed by atoms with van der Waals surface area (Å²) in [5.74, 6) is 0.785. The van der Waals surface area contributed by atoms with Crippen LogP contribution in [0, 0.1) is 5.92 Å². The van der Waals surface area contributed by atoms with Crippen molar-refractivity contribution >= 4 is 5.91 Å². The second kappa shape index (κ2) is 6.25. The van der Waals surface area contributed by atoms with Crippen molar-refractivity contribution in [3.05, 3.63) is 0 Å².